The number of benzene rings is 1. The van der Waals surface area contributed by atoms with Gasteiger partial charge in [0, 0.05) is 11.3 Å². The Labute approximate surface area is 101 Å². The van der Waals surface area contributed by atoms with Gasteiger partial charge < -0.3 is 0 Å². The molecule has 0 aliphatic heterocycles. The Hall–Kier alpha value is 0.307. The van der Waals surface area contributed by atoms with E-state index < -0.39 is 7.42 Å². The summed E-state index contributed by atoms with van der Waals surface area (Å²) < 4.78 is 0. The van der Waals surface area contributed by atoms with Crippen LogP contribution in [0.5, 0.6) is 0 Å². The predicted molar refractivity (Wildman–Crippen MR) is 68.2 cm³/mol. The van der Waals surface area contributed by atoms with E-state index in [1.165, 1.54) is 5.56 Å². The zero-order valence-corrected chi connectivity index (χ0v) is 11.4. The third-order valence-corrected chi connectivity index (χ3v) is 5.10. The summed E-state index contributed by atoms with van der Waals surface area (Å²) in [4.78, 5) is 0. The molecule has 0 bridgehead atoms. The van der Waals surface area contributed by atoms with Crippen LogP contribution in [0.15, 0.2) is 30.3 Å². The van der Waals surface area contributed by atoms with E-state index in [0.717, 1.165) is 6.04 Å². The molecule has 0 aromatic heterocycles. The molecule has 1 aromatic carbocycles. The second-order valence-electron chi connectivity index (χ2n) is 3.66. The Morgan fingerprint density at radius 1 is 1.21 bits per heavy atom. The second-order valence-corrected chi connectivity index (χ2v) is 8.94. The zero-order chi connectivity index (χ0) is 10.6. The van der Waals surface area contributed by atoms with Gasteiger partial charge in [0.15, 0.2) is 0 Å². The maximum absolute atomic E-state index is 5.99. The van der Waals surface area contributed by atoms with Crippen LogP contribution in [0.3, 0.4) is 0 Å². The molecule has 0 saturated carbocycles. The van der Waals surface area contributed by atoms with Crippen molar-refractivity contribution in [1.29, 1.82) is 0 Å². The van der Waals surface area contributed by atoms with Crippen LogP contribution in [0, 0.1) is 0 Å². The smallest absolute Gasteiger partial charge is 0.150 e. The van der Waals surface area contributed by atoms with Crippen molar-refractivity contribution in [1.82, 2.24) is 0 Å². The lowest BCUT2D eigenvalue weighted by Gasteiger charge is -2.27. The van der Waals surface area contributed by atoms with E-state index in [1.807, 2.05) is 18.2 Å². The molecule has 4 heteroatoms. The van der Waals surface area contributed by atoms with Gasteiger partial charge in [-0.25, -0.2) is 0 Å². The van der Waals surface area contributed by atoms with Gasteiger partial charge in [0.05, 0.1) is 0 Å². The lowest BCUT2D eigenvalue weighted by atomic mass is 9.86. The molecule has 0 fully saturated rings. The lowest BCUT2D eigenvalue weighted by Crippen LogP contribution is -2.26. The molecule has 0 radical (unpaired) electrons. The quantitative estimate of drug-likeness (QED) is 0.441. The standard InChI is InChI=1S/C10H13Cl3Si/c1-10(7-11,8-14(12)13)9-5-3-2-4-6-9/h2-6,14H,7-8H2,1H3. The summed E-state index contributed by atoms with van der Waals surface area (Å²) in [6.07, 6.45) is 0. The molecule has 0 heterocycles. The maximum atomic E-state index is 5.99. The normalized spacial score (nSPS) is 15.5. The molecule has 0 aliphatic carbocycles. The summed E-state index contributed by atoms with van der Waals surface area (Å²) >= 11 is 17.9. The molecule has 0 saturated heterocycles. The van der Waals surface area contributed by atoms with Crippen molar-refractivity contribution in [3.8, 4) is 0 Å². The zero-order valence-electron chi connectivity index (χ0n) is 8.01. The fraction of sp³-hybridized carbons (Fsp3) is 0.400. The first kappa shape index (κ1) is 12.4. The Kier molecular flexibility index (Phi) is 4.78. The molecular weight excluding hydrogens is 255 g/mol. The van der Waals surface area contributed by atoms with Gasteiger partial charge >= 0.3 is 0 Å². The number of hydrogen-bond donors (Lipinski definition) is 0. The number of alkyl halides is 1. The highest BCUT2D eigenvalue weighted by Crippen LogP contribution is 2.32. The Balaban J connectivity index is 2.90. The molecule has 0 spiro atoms. The van der Waals surface area contributed by atoms with E-state index in [9.17, 15) is 0 Å². The lowest BCUT2D eigenvalue weighted by molar-refractivity contribution is 0.595. The summed E-state index contributed by atoms with van der Waals surface area (Å²) in [5.41, 5.74) is 1.14. The summed E-state index contributed by atoms with van der Waals surface area (Å²) in [7, 11) is -1.62. The van der Waals surface area contributed by atoms with Crippen molar-refractivity contribution in [3.05, 3.63) is 35.9 Å². The van der Waals surface area contributed by atoms with E-state index in [2.05, 4.69) is 19.1 Å². The van der Waals surface area contributed by atoms with Crippen LogP contribution in [-0.2, 0) is 5.41 Å². The second kappa shape index (κ2) is 5.41. The highest BCUT2D eigenvalue weighted by molar-refractivity contribution is 7.33. The summed E-state index contributed by atoms with van der Waals surface area (Å²) in [5.74, 6) is 0.556. The third kappa shape index (κ3) is 3.16. The first-order valence-corrected chi connectivity index (χ1v) is 9.32. The molecule has 0 N–H and O–H groups in total. The van der Waals surface area contributed by atoms with Crippen LogP contribution >= 0.6 is 33.8 Å². The predicted octanol–water partition coefficient (Wildman–Crippen LogP) is 3.88. The fourth-order valence-electron chi connectivity index (χ4n) is 1.43. The SMILES string of the molecule is CC(CCl)(C[SiH](Cl)Cl)c1ccccc1. The molecular formula is C10H13Cl3Si. The van der Waals surface area contributed by atoms with Crippen molar-refractivity contribution in [2.75, 3.05) is 5.88 Å². The monoisotopic (exact) mass is 266 g/mol. The number of hydrogen-bond acceptors (Lipinski definition) is 0. The first-order valence-electron chi connectivity index (χ1n) is 4.48. The van der Waals surface area contributed by atoms with Gasteiger partial charge in [-0.3, -0.25) is 0 Å². The van der Waals surface area contributed by atoms with Crippen molar-refractivity contribution < 1.29 is 0 Å². The molecule has 1 unspecified atom stereocenters. The van der Waals surface area contributed by atoms with Gasteiger partial charge in [-0.15, -0.1) is 11.6 Å². The van der Waals surface area contributed by atoms with Gasteiger partial charge in [0.1, 0.15) is 0 Å². The minimum atomic E-state index is -1.62. The van der Waals surface area contributed by atoms with E-state index >= 15 is 0 Å². The minimum absolute atomic E-state index is 0.0802. The highest BCUT2D eigenvalue weighted by Gasteiger charge is 2.28. The minimum Gasteiger partial charge on any atom is -0.150 e. The number of rotatable bonds is 4. The van der Waals surface area contributed by atoms with Crippen LogP contribution in [0.1, 0.15) is 12.5 Å². The van der Waals surface area contributed by atoms with Gasteiger partial charge in [-0.1, -0.05) is 37.3 Å². The molecule has 0 aliphatic rings. The fourth-order valence-corrected chi connectivity index (χ4v) is 4.98. The van der Waals surface area contributed by atoms with Gasteiger partial charge in [0.2, 0.25) is 7.42 Å². The van der Waals surface area contributed by atoms with Crippen LogP contribution < -0.4 is 0 Å². The Morgan fingerprint density at radius 2 is 1.79 bits per heavy atom. The van der Waals surface area contributed by atoms with Crippen LogP contribution in [0.25, 0.3) is 0 Å². The molecule has 0 nitrogen and oxygen atoms in total. The van der Waals surface area contributed by atoms with E-state index in [1.54, 1.807) is 0 Å². The van der Waals surface area contributed by atoms with Crippen LogP contribution in [0.2, 0.25) is 6.04 Å². The van der Waals surface area contributed by atoms with Gasteiger partial charge in [0.25, 0.3) is 0 Å². The molecule has 0 amide bonds. The summed E-state index contributed by atoms with van der Waals surface area (Å²) in [5, 5.41) is 0. The van der Waals surface area contributed by atoms with Crippen LogP contribution in [-0.4, -0.2) is 13.3 Å². The van der Waals surface area contributed by atoms with E-state index in [4.69, 9.17) is 33.8 Å². The Morgan fingerprint density at radius 3 is 2.21 bits per heavy atom. The molecule has 1 atom stereocenters. The first-order chi connectivity index (χ1) is 6.58. The summed E-state index contributed by atoms with van der Waals surface area (Å²) in [6, 6.07) is 11.0. The maximum Gasteiger partial charge on any atom is 0.237 e. The van der Waals surface area contributed by atoms with Gasteiger partial charge in [-0.2, -0.15) is 22.2 Å². The molecule has 78 valence electrons. The van der Waals surface area contributed by atoms with Crippen LogP contribution in [0.4, 0.5) is 0 Å². The Bertz CT molecular complexity index is 276. The number of halogens is 3. The van der Waals surface area contributed by atoms with E-state index in [0.29, 0.717) is 5.88 Å². The van der Waals surface area contributed by atoms with Crippen molar-refractivity contribution >= 4 is 41.2 Å². The van der Waals surface area contributed by atoms with Gasteiger partial charge in [-0.05, 0) is 11.6 Å². The average Bonchev–Trinajstić information content (AvgIpc) is 2.18. The third-order valence-electron chi connectivity index (χ3n) is 2.37. The summed E-state index contributed by atoms with van der Waals surface area (Å²) in [6.45, 7) is 2.11. The van der Waals surface area contributed by atoms with Crippen molar-refractivity contribution in [3.63, 3.8) is 0 Å². The highest BCUT2D eigenvalue weighted by atomic mass is 35.7. The van der Waals surface area contributed by atoms with E-state index in [-0.39, 0.29) is 5.41 Å². The molecule has 14 heavy (non-hydrogen) atoms. The largest absolute Gasteiger partial charge is 0.237 e. The average molecular weight is 268 g/mol. The molecule has 1 rings (SSSR count). The van der Waals surface area contributed by atoms with Crippen molar-refractivity contribution in [2.45, 2.75) is 18.4 Å². The topological polar surface area (TPSA) is 0 Å². The van der Waals surface area contributed by atoms with Crippen molar-refractivity contribution in [2.24, 2.45) is 0 Å². The molecule has 1 aromatic rings.